The molecule has 0 aromatic heterocycles. The van der Waals surface area contributed by atoms with Crippen LogP contribution in [0.5, 0.6) is 0 Å². The zero-order valence-electron chi connectivity index (χ0n) is 12.9. The van der Waals surface area contributed by atoms with Crippen LogP contribution in [0.25, 0.3) is 0 Å². The molecule has 1 aliphatic heterocycles. The summed E-state index contributed by atoms with van der Waals surface area (Å²) in [4.78, 5) is 26.7. The third-order valence-electron chi connectivity index (χ3n) is 3.90. The molecule has 0 spiro atoms. The SMILES string of the molecule is CSC(C)(C)CN1C(=O)C(c2ccccc2)NC(=O)C1C. The van der Waals surface area contributed by atoms with Gasteiger partial charge in [0.05, 0.1) is 0 Å². The molecule has 0 radical (unpaired) electrons. The smallest absolute Gasteiger partial charge is 0.250 e. The molecule has 1 N–H and O–H groups in total. The fourth-order valence-electron chi connectivity index (χ4n) is 2.38. The van der Waals surface area contributed by atoms with Gasteiger partial charge in [-0.3, -0.25) is 9.59 Å². The Kier molecular flexibility index (Phi) is 4.61. The van der Waals surface area contributed by atoms with E-state index in [0.717, 1.165) is 5.56 Å². The number of carbonyl (C=O) groups excluding carboxylic acids is 2. The molecule has 5 heteroatoms. The van der Waals surface area contributed by atoms with Crippen molar-refractivity contribution in [3.05, 3.63) is 35.9 Å². The molecule has 114 valence electrons. The Morgan fingerprint density at radius 2 is 1.86 bits per heavy atom. The van der Waals surface area contributed by atoms with Crippen molar-refractivity contribution in [1.82, 2.24) is 10.2 Å². The summed E-state index contributed by atoms with van der Waals surface area (Å²) in [6.07, 6.45) is 2.02. The van der Waals surface area contributed by atoms with Gasteiger partial charge in [-0.2, -0.15) is 11.8 Å². The number of nitrogens with zero attached hydrogens (tertiary/aromatic N) is 1. The van der Waals surface area contributed by atoms with Crippen LogP contribution in [0.4, 0.5) is 0 Å². The van der Waals surface area contributed by atoms with Gasteiger partial charge in [0, 0.05) is 11.3 Å². The summed E-state index contributed by atoms with van der Waals surface area (Å²) in [5.41, 5.74) is 0.828. The number of hydrogen-bond donors (Lipinski definition) is 1. The van der Waals surface area contributed by atoms with Crippen molar-refractivity contribution >= 4 is 23.6 Å². The summed E-state index contributed by atoms with van der Waals surface area (Å²) in [6.45, 7) is 6.51. The molecule has 2 rings (SSSR count). The lowest BCUT2D eigenvalue weighted by atomic mass is 9.99. The second-order valence-corrected chi connectivity index (χ2v) is 7.47. The summed E-state index contributed by atoms with van der Waals surface area (Å²) in [5, 5.41) is 2.83. The number of hydrogen-bond acceptors (Lipinski definition) is 3. The van der Waals surface area contributed by atoms with Crippen LogP contribution in [0.1, 0.15) is 32.4 Å². The Balaban J connectivity index is 2.28. The van der Waals surface area contributed by atoms with Crippen LogP contribution >= 0.6 is 11.8 Å². The Hall–Kier alpha value is -1.49. The van der Waals surface area contributed by atoms with E-state index in [-0.39, 0.29) is 16.6 Å². The Morgan fingerprint density at radius 1 is 1.24 bits per heavy atom. The first kappa shape index (κ1) is 15.9. The molecule has 1 saturated heterocycles. The molecule has 0 saturated carbocycles. The Morgan fingerprint density at radius 3 is 2.43 bits per heavy atom. The molecule has 0 aliphatic carbocycles. The number of nitrogens with one attached hydrogen (secondary N) is 1. The van der Waals surface area contributed by atoms with Crippen LogP contribution in [-0.4, -0.2) is 40.3 Å². The van der Waals surface area contributed by atoms with Crippen molar-refractivity contribution in [2.45, 2.75) is 37.6 Å². The highest BCUT2D eigenvalue weighted by Crippen LogP contribution is 2.28. The van der Waals surface area contributed by atoms with Crippen molar-refractivity contribution in [2.75, 3.05) is 12.8 Å². The largest absolute Gasteiger partial charge is 0.339 e. The molecule has 1 aromatic rings. The molecule has 2 atom stereocenters. The van der Waals surface area contributed by atoms with E-state index in [2.05, 4.69) is 19.2 Å². The molecule has 0 bridgehead atoms. The maximum absolute atomic E-state index is 12.8. The second kappa shape index (κ2) is 6.10. The molecule has 21 heavy (non-hydrogen) atoms. The van der Waals surface area contributed by atoms with Gasteiger partial charge in [0.2, 0.25) is 5.91 Å². The van der Waals surface area contributed by atoms with E-state index < -0.39 is 12.1 Å². The van der Waals surface area contributed by atoms with Crippen LogP contribution < -0.4 is 5.32 Å². The first-order valence-corrected chi connectivity index (χ1v) is 8.29. The van der Waals surface area contributed by atoms with Crippen molar-refractivity contribution in [2.24, 2.45) is 0 Å². The van der Waals surface area contributed by atoms with E-state index in [1.807, 2.05) is 36.6 Å². The molecular weight excluding hydrogens is 284 g/mol. The van der Waals surface area contributed by atoms with E-state index in [1.165, 1.54) is 0 Å². The number of thioether (sulfide) groups is 1. The van der Waals surface area contributed by atoms with Gasteiger partial charge in [-0.1, -0.05) is 30.3 Å². The summed E-state index contributed by atoms with van der Waals surface area (Å²) >= 11 is 1.70. The summed E-state index contributed by atoms with van der Waals surface area (Å²) in [5.74, 6) is -0.129. The van der Waals surface area contributed by atoms with Crippen molar-refractivity contribution < 1.29 is 9.59 Å². The van der Waals surface area contributed by atoms with Gasteiger partial charge < -0.3 is 10.2 Å². The standard InChI is InChI=1S/C16H22N2O2S/c1-11-14(19)17-13(12-8-6-5-7-9-12)15(20)18(11)10-16(2,3)21-4/h5-9,11,13H,10H2,1-4H3,(H,17,19). The van der Waals surface area contributed by atoms with Gasteiger partial charge >= 0.3 is 0 Å². The fourth-order valence-corrected chi connectivity index (χ4v) is 2.65. The van der Waals surface area contributed by atoms with E-state index >= 15 is 0 Å². The number of rotatable bonds is 4. The lowest BCUT2D eigenvalue weighted by Gasteiger charge is -2.41. The third-order valence-corrected chi connectivity index (χ3v) is 5.13. The predicted octanol–water partition coefficient (Wildman–Crippen LogP) is 2.22. The van der Waals surface area contributed by atoms with Crippen molar-refractivity contribution in [3.8, 4) is 0 Å². The molecule has 1 aromatic carbocycles. The number of carbonyl (C=O) groups is 2. The molecule has 2 unspecified atom stereocenters. The molecule has 1 fully saturated rings. The van der Waals surface area contributed by atoms with E-state index in [4.69, 9.17) is 0 Å². The highest BCUT2D eigenvalue weighted by atomic mass is 32.2. The van der Waals surface area contributed by atoms with Crippen LogP contribution in [0, 0.1) is 0 Å². The predicted molar refractivity (Wildman–Crippen MR) is 86.1 cm³/mol. The van der Waals surface area contributed by atoms with Gasteiger partial charge in [0.25, 0.3) is 5.91 Å². The minimum absolute atomic E-state index is 0.0320. The van der Waals surface area contributed by atoms with Crippen molar-refractivity contribution in [1.29, 1.82) is 0 Å². The molecule has 1 aliphatic rings. The topological polar surface area (TPSA) is 49.4 Å². The van der Waals surface area contributed by atoms with Crippen LogP contribution in [-0.2, 0) is 9.59 Å². The van der Waals surface area contributed by atoms with Crippen molar-refractivity contribution in [3.63, 3.8) is 0 Å². The second-order valence-electron chi connectivity index (χ2n) is 5.96. The third kappa shape index (κ3) is 3.40. The minimum Gasteiger partial charge on any atom is -0.339 e. The monoisotopic (exact) mass is 306 g/mol. The van der Waals surface area contributed by atoms with Crippen LogP contribution in [0.15, 0.2) is 30.3 Å². The number of piperazine rings is 1. The maximum atomic E-state index is 12.8. The van der Waals surface area contributed by atoms with Gasteiger partial charge in [-0.15, -0.1) is 0 Å². The zero-order chi connectivity index (χ0) is 15.6. The first-order valence-electron chi connectivity index (χ1n) is 7.06. The maximum Gasteiger partial charge on any atom is 0.250 e. The zero-order valence-corrected chi connectivity index (χ0v) is 13.7. The minimum atomic E-state index is -0.576. The van der Waals surface area contributed by atoms with E-state index in [9.17, 15) is 9.59 Å². The first-order chi connectivity index (χ1) is 9.85. The van der Waals surface area contributed by atoms with Gasteiger partial charge in [-0.05, 0) is 32.6 Å². The molecule has 2 amide bonds. The summed E-state index contributed by atoms with van der Waals surface area (Å²) in [6, 6.07) is 8.39. The van der Waals surface area contributed by atoms with Gasteiger partial charge in [0.1, 0.15) is 12.1 Å². The Bertz CT molecular complexity index is 530. The van der Waals surface area contributed by atoms with E-state index in [1.54, 1.807) is 23.6 Å². The average molecular weight is 306 g/mol. The van der Waals surface area contributed by atoms with Gasteiger partial charge in [-0.25, -0.2) is 0 Å². The number of benzene rings is 1. The molecule has 1 heterocycles. The lowest BCUT2D eigenvalue weighted by molar-refractivity contribution is -0.149. The average Bonchev–Trinajstić information content (AvgIpc) is 2.48. The van der Waals surface area contributed by atoms with Gasteiger partial charge in [0.15, 0.2) is 0 Å². The van der Waals surface area contributed by atoms with E-state index in [0.29, 0.717) is 6.54 Å². The summed E-state index contributed by atoms with van der Waals surface area (Å²) in [7, 11) is 0. The van der Waals surface area contributed by atoms with Crippen LogP contribution in [0.3, 0.4) is 0 Å². The quantitative estimate of drug-likeness (QED) is 0.928. The highest BCUT2D eigenvalue weighted by Gasteiger charge is 2.40. The normalized spacial score (nSPS) is 23.1. The highest BCUT2D eigenvalue weighted by molar-refractivity contribution is 7.99. The lowest BCUT2D eigenvalue weighted by Crippen LogP contribution is -2.60. The Labute approximate surface area is 130 Å². The number of amides is 2. The fraction of sp³-hybridized carbons (Fsp3) is 0.500. The summed E-state index contributed by atoms with van der Waals surface area (Å²) < 4.78 is -0.0806. The molecular formula is C16H22N2O2S. The molecule has 4 nitrogen and oxygen atoms in total. The van der Waals surface area contributed by atoms with Crippen LogP contribution in [0.2, 0.25) is 0 Å².